The lowest BCUT2D eigenvalue weighted by Crippen LogP contribution is -2.00. The second kappa shape index (κ2) is 14.7. The van der Waals surface area contributed by atoms with Crippen molar-refractivity contribution in [2.75, 3.05) is 0 Å². The van der Waals surface area contributed by atoms with Crippen LogP contribution in [0.1, 0.15) is 0 Å². The highest BCUT2D eigenvalue weighted by molar-refractivity contribution is 5.97. The van der Waals surface area contributed by atoms with Crippen LogP contribution in [0.5, 0.6) is 0 Å². The van der Waals surface area contributed by atoms with Crippen molar-refractivity contribution in [3.8, 4) is 89.8 Å². The Morgan fingerprint density at radius 3 is 1.04 bits per heavy atom. The molecule has 0 spiro atoms. The topological polar surface area (TPSA) is 51.6 Å². The van der Waals surface area contributed by atoms with Gasteiger partial charge in [-0.1, -0.05) is 176 Å². The molecule has 54 heavy (non-hydrogen) atoms. The molecule has 7 aromatic carbocycles. The Morgan fingerprint density at radius 1 is 0.259 bits per heavy atom. The second-order valence-electron chi connectivity index (χ2n) is 13.1. The molecule has 2 heterocycles. The standard InChI is InChI=1S/C50H34N4/c1-5-14-37(15-6-1)45-32-44(33-46(38-16-7-2-8-17-38)47(45)39-18-9-3-10-19-39)36-25-29-42(30-26-36)50-53-48(40-20-11-4-12-21-40)52-49(54-50)41-27-23-35(24-28-41)43-22-13-31-51-34-43/h1-34H. The lowest BCUT2D eigenvalue weighted by molar-refractivity contribution is 1.07. The summed E-state index contributed by atoms with van der Waals surface area (Å²) in [5.74, 6) is 1.88. The van der Waals surface area contributed by atoms with Crippen LogP contribution in [-0.4, -0.2) is 19.9 Å². The molecule has 4 nitrogen and oxygen atoms in total. The van der Waals surface area contributed by atoms with Crippen molar-refractivity contribution in [3.05, 3.63) is 207 Å². The predicted molar refractivity (Wildman–Crippen MR) is 221 cm³/mol. The molecule has 0 bridgehead atoms. The Labute approximate surface area is 315 Å². The van der Waals surface area contributed by atoms with E-state index < -0.39 is 0 Å². The van der Waals surface area contributed by atoms with Crippen molar-refractivity contribution in [2.45, 2.75) is 0 Å². The zero-order valence-corrected chi connectivity index (χ0v) is 29.4. The SMILES string of the molecule is c1ccc(-c2nc(-c3ccc(-c4cccnc4)cc3)nc(-c3ccc(-c4cc(-c5ccccc5)c(-c5ccccc5)c(-c5ccccc5)c4)cc3)n2)cc1. The van der Waals surface area contributed by atoms with Crippen LogP contribution in [-0.2, 0) is 0 Å². The van der Waals surface area contributed by atoms with Crippen molar-refractivity contribution in [3.63, 3.8) is 0 Å². The molecule has 0 aliphatic carbocycles. The van der Waals surface area contributed by atoms with Crippen LogP contribution in [0.4, 0.5) is 0 Å². The zero-order chi connectivity index (χ0) is 36.1. The number of benzene rings is 7. The number of nitrogens with zero attached hydrogens (tertiary/aromatic N) is 4. The highest BCUT2D eigenvalue weighted by Gasteiger charge is 2.18. The van der Waals surface area contributed by atoms with Crippen LogP contribution >= 0.6 is 0 Å². The van der Waals surface area contributed by atoms with E-state index >= 15 is 0 Å². The Morgan fingerprint density at radius 2 is 0.611 bits per heavy atom. The minimum atomic E-state index is 0.621. The normalized spacial score (nSPS) is 11.0. The molecule has 0 saturated carbocycles. The van der Waals surface area contributed by atoms with Crippen molar-refractivity contribution < 1.29 is 0 Å². The molecule has 9 rings (SSSR count). The molecule has 0 N–H and O–H groups in total. The molecule has 0 radical (unpaired) electrons. The summed E-state index contributed by atoms with van der Waals surface area (Å²) in [5, 5.41) is 0. The van der Waals surface area contributed by atoms with Gasteiger partial charge in [-0.2, -0.15) is 0 Å². The van der Waals surface area contributed by atoms with Crippen LogP contribution in [0.3, 0.4) is 0 Å². The van der Waals surface area contributed by atoms with Crippen LogP contribution in [0.25, 0.3) is 89.8 Å². The summed E-state index contributed by atoms with van der Waals surface area (Å²) >= 11 is 0. The molecule has 9 aromatic rings. The van der Waals surface area contributed by atoms with Gasteiger partial charge in [-0.3, -0.25) is 4.98 Å². The van der Waals surface area contributed by atoms with E-state index in [-0.39, 0.29) is 0 Å². The summed E-state index contributed by atoms with van der Waals surface area (Å²) in [6, 6.07) is 67.6. The highest BCUT2D eigenvalue weighted by Crippen LogP contribution is 2.43. The molecule has 0 amide bonds. The maximum absolute atomic E-state index is 5.02. The average Bonchev–Trinajstić information content (AvgIpc) is 3.27. The molecule has 0 atom stereocenters. The van der Waals surface area contributed by atoms with Gasteiger partial charge in [0.15, 0.2) is 17.5 Å². The summed E-state index contributed by atoms with van der Waals surface area (Å²) in [7, 11) is 0. The smallest absolute Gasteiger partial charge is 0.164 e. The molecule has 4 heteroatoms. The van der Waals surface area contributed by atoms with Gasteiger partial charge in [-0.05, 0) is 73.8 Å². The van der Waals surface area contributed by atoms with E-state index in [1.807, 2.05) is 42.6 Å². The van der Waals surface area contributed by atoms with E-state index in [0.29, 0.717) is 17.5 Å². The van der Waals surface area contributed by atoms with Crippen molar-refractivity contribution in [1.29, 1.82) is 0 Å². The van der Waals surface area contributed by atoms with Crippen LogP contribution < -0.4 is 0 Å². The van der Waals surface area contributed by atoms with Gasteiger partial charge in [0.25, 0.3) is 0 Å². The van der Waals surface area contributed by atoms with Gasteiger partial charge in [-0.15, -0.1) is 0 Å². The Balaban J connectivity index is 1.15. The van der Waals surface area contributed by atoms with Gasteiger partial charge < -0.3 is 0 Å². The first-order chi connectivity index (χ1) is 26.8. The van der Waals surface area contributed by atoms with E-state index in [1.54, 1.807) is 6.20 Å². The molecule has 0 unspecified atom stereocenters. The molecule has 0 fully saturated rings. The zero-order valence-electron chi connectivity index (χ0n) is 29.4. The minimum Gasteiger partial charge on any atom is -0.264 e. The predicted octanol–water partition coefficient (Wildman–Crippen LogP) is 12.6. The largest absolute Gasteiger partial charge is 0.264 e. The van der Waals surface area contributed by atoms with Gasteiger partial charge in [0.1, 0.15) is 0 Å². The monoisotopic (exact) mass is 690 g/mol. The molecule has 0 aliphatic rings. The summed E-state index contributed by atoms with van der Waals surface area (Å²) in [6.07, 6.45) is 3.66. The fraction of sp³-hybridized carbons (Fsp3) is 0. The van der Waals surface area contributed by atoms with E-state index in [0.717, 1.165) is 38.9 Å². The van der Waals surface area contributed by atoms with Gasteiger partial charge in [0.05, 0.1) is 0 Å². The summed E-state index contributed by atoms with van der Waals surface area (Å²) in [4.78, 5) is 19.2. The van der Waals surface area contributed by atoms with Gasteiger partial charge in [-0.25, -0.2) is 15.0 Å². The van der Waals surface area contributed by atoms with Crippen molar-refractivity contribution in [1.82, 2.24) is 19.9 Å². The number of rotatable bonds is 8. The fourth-order valence-electron chi connectivity index (χ4n) is 6.92. The quantitative estimate of drug-likeness (QED) is 0.159. The van der Waals surface area contributed by atoms with Gasteiger partial charge in [0.2, 0.25) is 0 Å². The number of pyridine rings is 1. The molecule has 2 aromatic heterocycles. The van der Waals surface area contributed by atoms with Crippen molar-refractivity contribution >= 4 is 0 Å². The third kappa shape index (κ3) is 6.72. The van der Waals surface area contributed by atoms with Gasteiger partial charge >= 0.3 is 0 Å². The van der Waals surface area contributed by atoms with E-state index in [2.05, 4.69) is 163 Å². The van der Waals surface area contributed by atoms with Gasteiger partial charge in [0, 0.05) is 29.1 Å². The third-order valence-corrected chi connectivity index (χ3v) is 9.65. The number of hydrogen-bond acceptors (Lipinski definition) is 4. The van der Waals surface area contributed by atoms with E-state index in [9.17, 15) is 0 Å². The fourth-order valence-corrected chi connectivity index (χ4v) is 6.92. The molecule has 254 valence electrons. The lowest BCUT2D eigenvalue weighted by atomic mass is 9.84. The first-order valence-electron chi connectivity index (χ1n) is 18.0. The second-order valence-corrected chi connectivity index (χ2v) is 13.1. The Bertz CT molecular complexity index is 2580. The van der Waals surface area contributed by atoms with E-state index in [4.69, 9.17) is 15.0 Å². The maximum atomic E-state index is 5.02. The minimum absolute atomic E-state index is 0.621. The van der Waals surface area contributed by atoms with Crippen LogP contribution in [0.15, 0.2) is 207 Å². The molecule has 0 aliphatic heterocycles. The first kappa shape index (κ1) is 32.6. The molecule has 0 saturated heterocycles. The third-order valence-electron chi connectivity index (χ3n) is 9.65. The molecular weight excluding hydrogens is 657 g/mol. The van der Waals surface area contributed by atoms with Crippen LogP contribution in [0.2, 0.25) is 0 Å². The Hall–Kier alpha value is -7.30. The first-order valence-corrected chi connectivity index (χ1v) is 18.0. The van der Waals surface area contributed by atoms with Crippen LogP contribution in [0, 0.1) is 0 Å². The Kier molecular flexibility index (Phi) is 8.90. The summed E-state index contributed by atoms with van der Waals surface area (Å²) in [5.41, 5.74) is 14.3. The number of aromatic nitrogens is 4. The lowest BCUT2D eigenvalue weighted by Gasteiger charge is -2.19. The van der Waals surface area contributed by atoms with E-state index in [1.165, 1.54) is 33.4 Å². The molecular formula is C50H34N4. The summed E-state index contributed by atoms with van der Waals surface area (Å²) in [6.45, 7) is 0. The highest BCUT2D eigenvalue weighted by atomic mass is 15.0. The van der Waals surface area contributed by atoms with Crippen molar-refractivity contribution in [2.24, 2.45) is 0 Å². The summed E-state index contributed by atoms with van der Waals surface area (Å²) < 4.78 is 0. The average molecular weight is 691 g/mol. The number of hydrogen-bond donors (Lipinski definition) is 0. The maximum Gasteiger partial charge on any atom is 0.164 e.